The predicted octanol–water partition coefficient (Wildman–Crippen LogP) is 1.26. The molecule has 0 unspecified atom stereocenters. The highest BCUT2D eigenvalue weighted by Gasteiger charge is 2.39. The van der Waals surface area contributed by atoms with Gasteiger partial charge in [-0.15, -0.1) is 0 Å². The molecule has 3 aromatic rings. The zero-order valence-electron chi connectivity index (χ0n) is 20.0. The Balaban J connectivity index is 1.40. The zero-order valence-corrected chi connectivity index (χ0v) is 20.0. The number of carbonyl (C=O) groups excluding carboxylic acids is 1. The SMILES string of the molecule is COCCOc1nc(Nc2cc(C3CC3)[nH]n2)nc(N2C[C@@H](OC)C[C@H]2C(=O)Nc2cnccn2)n1. The van der Waals surface area contributed by atoms with Gasteiger partial charge in [0.1, 0.15) is 12.6 Å². The molecule has 2 fully saturated rings. The van der Waals surface area contributed by atoms with Gasteiger partial charge >= 0.3 is 6.01 Å². The average molecular weight is 497 g/mol. The maximum Gasteiger partial charge on any atom is 0.323 e. The molecule has 3 N–H and O–H groups in total. The number of hydrogen-bond donors (Lipinski definition) is 3. The summed E-state index contributed by atoms with van der Waals surface area (Å²) in [5, 5.41) is 13.3. The number of nitrogens with zero attached hydrogens (tertiary/aromatic N) is 7. The molecule has 1 aliphatic heterocycles. The number of aromatic nitrogens is 7. The Morgan fingerprint density at radius 3 is 2.81 bits per heavy atom. The molecule has 0 aromatic carbocycles. The van der Waals surface area contributed by atoms with Gasteiger partial charge in [-0.3, -0.25) is 14.9 Å². The lowest BCUT2D eigenvalue weighted by Gasteiger charge is -2.23. The van der Waals surface area contributed by atoms with Crippen molar-refractivity contribution in [3.8, 4) is 6.01 Å². The van der Waals surface area contributed by atoms with Crippen molar-refractivity contribution in [2.24, 2.45) is 0 Å². The molecule has 0 bridgehead atoms. The first-order chi connectivity index (χ1) is 17.6. The molecule has 14 heteroatoms. The first kappa shape index (κ1) is 23.8. The maximum atomic E-state index is 13.2. The summed E-state index contributed by atoms with van der Waals surface area (Å²) >= 11 is 0. The number of ether oxygens (including phenoxy) is 3. The summed E-state index contributed by atoms with van der Waals surface area (Å²) in [7, 11) is 3.19. The fraction of sp³-hybridized carbons (Fsp3) is 0.500. The molecule has 36 heavy (non-hydrogen) atoms. The highest BCUT2D eigenvalue weighted by molar-refractivity contribution is 5.96. The number of carbonyl (C=O) groups is 1. The minimum atomic E-state index is -0.606. The molecular weight excluding hydrogens is 468 g/mol. The molecule has 2 aliphatic rings. The minimum absolute atomic E-state index is 0.103. The van der Waals surface area contributed by atoms with Crippen molar-refractivity contribution in [1.29, 1.82) is 0 Å². The standard InChI is InChI=1S/C22H28N10O4/c1-34-7-8-36-22-28-20(26-17-10-15(30-31-17)13-3-4-13)27-21(29-22)32-12-14(35-2)9-16(32)19(33)25-18-11-23-5-6-24-18/h5-6,10-11,13-14,16H,3-4,7-9,12H2,1-2H3,(H,24,25,33)(H2,26,27,28,29,30,31)/t14-,16-/m0/s1. The molecule has 1 saturated heterocycles. The first-order valence-electron chi connectivity index (χ1n) is 11.7. The quantitative estimate of drug-likeness (QED) is 0.326. The molecule has 1 aliphatic carbocycles. The number of H-pyrrole nitrogens is 1. The van der Waals surface area contributed by atoms with Gasteiger partial charge in [0.25, 0.3) is 0 Å². The third-order valence-corrected chi connectivity index (χ3v) is 5.95. The summed E-state index contributed by atoms with van der Waals surface area (Å²) in [4.78, 5) is 36.5. The summed E-state index contributed by atoms with van der Waals surface area (Å²) < 4.78 is 16.3. The number of nitrogens with one attached hydrogen (secondary N) is 3. The molecule has 0 spiro atoms. The Morgan fingerprint density at radius 1 is 1.17 bits per heavy atom. The van der Waals surface area contributed by atoms with E-state index in [1.165, 1.54) is 18.6 Å². The van der Waals surface area contributed by atoms with E-state index in [0.29, 0.717) is 37.1 Å². The van der Waals surface area contributed by atoms with Crippen LogP contribution in [0, 0.1) is 0 Å². The second kappa shape index (κ2) is 10.8. The van der Waals surface area contributed by atoms with E-state index in [1.54, 1.807) is 19.1 Å². The van der Waals surface area contributed by atoms with Crippen molar-refractivity contribution in [2.75, 3.05) is 49.5 Å². The van der Waals surface area contributed by atoms with Gasteiger partial charge in [-0.1, -0.05) is 0 Å². The number of aromatic amines is 1. The maximum absolute atomic E-state index is 13.2. The molecule has 3 aromatic heterocycles. The fourth-order valence-electron chi connectivity index (χ4n) is 3.94. The van der Waals surface area contributed by atoms with Gasteiger partial charge in [-0.05, 0) is 12.8 Å². The van der Waals surface area contributed by atoms with Gasteiger partial charge in [-0.2, -0.15) is 20.1 Å². The third-order valence-electron chi connectivity index (χ3n) is 5.95. The van der Waals surface area contributed by atoms with Gasteiger partial charge in [0.05, 0.1) is 18.9 Å². The second-order valence-corrected chi connectivity index (χ2v) is 8.53. The van der Waals surface area contributed by atoms with E-state index in [4.69, 9.17) is 14.2 Å². The van der Waals surface area contributed by atoms with E-state index < -0.39 is 6.04 Å². The molecule has 0 radical (unpaired) electrons. The van der Waals surface area contributed by atoms with E-state index >= 15 is 0 Å². The number of rotatable bonds is 11. The van der Waals surface area contributed by atoms with Gasteiger partial charge in [0, 0.05) is 57.3 Å². The van der Waals surface area contributed by atoms with Crippen LogP contribution in [-0.2, 0) is 14.3 Å². The van der Waals surface area contributed by atoms with Crippen molar-refractivity contribution >= 4 is 29.4 Å². The van der Waals surface area contributed by atoms with Crippen LogP contribution < -0.4 is 20.3 Å². The Hall–Kier alpha value is -3.91. The minimum Gasteiger partial charge on any atom is -0.461 e. The zero-order chi connectivity index (χ0) is 24.9. The Bertz CT molecular complexity index is 1170. The summed E-state index contributed by atoms with van der Waals surface area (Å²) in [6.45, 7) is 1.03. The molecular formula is C22H28N10O4. The van der Waals surface area contributed by atoms with Crippen LogP contribution in [0.4, 0.5) is 23.5 Å². The molecule has 5 rings (SSSR count). The van der Waals surface area contributed by atoms with Crippen LogP contribution in [0.25, 0.3) is 0 Å². The summed E-state index contributed by atoms with van der Waals surface area (Å²) in [6, 6.07) is 1.44. The highest BCUT2D eigenvalue weighted by Crippen LogP contribution is 2.39. The van der Waals surface area contributed by atoms with Crippen LogP contribution in [-0.4, -0.2) is 87.1 Å². The van der Waals surface area contributed by atoms with Crippen molar-refractivity contribution in [3.05, 3.63) is 30.4 Å². The molecule has 1 saturated carbocycles. The van der Waals surface area contributed by atoms with E-state index in [9.17, 15) is 4.79 Å². The van der Waals surface area contributed by atoms with Crippen molar-refractivity contribution in [3.63, 3.8) is 0 Å². The van der Waals surface area contributed by atoms with Gasteiger partial charge in [-0.25, -0.2) is 4.98 Å². The average Bonchev–Trinajstić information content (AvgIpc) is 3.47. The van der Waals surface area contributed by atoms with Crippen LogP contribution in [0.15, 0.2) is 24.7 Å². The normalized spacial score (nSPS) is 19.3. The Labute approximate surface area is 207 Å². The highest BCUT2D eigenvalue weighted by atomic mass is 16.5. The van der Waals surface area contributed by atoms with E-state index in [-0.39, 0.29) is 36.5 Å². The smallest absolute Gasteiger partial charge is 0.323 e. The van der Waals surface area contributed by atoms with E-state index in [1.807, 2.05) is 6.07 Å². The molecule has 2 atom stereocenters. The Kier molecular flexibility index (Phi) is 7.13. The van der Waals surface area contributed by atoms with E-state index in [0.717, 1.165) is 18.5 Å². The topological polar surface area (TPSA) is 165 Å². The van der Waals surface area contributed by atoms with Crippen molar-refractivity contribution in [2.45, 2.75) is 37.3 Å². The lowest BCUT2D eigenvalue weighted by molar-refractivity contribution is -0.117. The monoisotopic (exact) mass is 496 g/mol. The molecule has 190 valence electrons. The van der Waals surface area contributed by atoms with Gasteiger partial charge in [0.2, 0.25) is 17.8 Å². The van der Waals surface area contributed by atoms with Crippen LogP contribution in [0.5, 0.6) is 6.01 Å². The van der Waals surface area contributed by atoms with Crippen molar-refractivity contribution < 1.29 is 19.0 Å². The number of amides is 1. The summed E-state index contributed by atoms with van der Waals surface area (Å²) in [5.74, 6) is 1.72. The fourth-order valence-corrected chi connectivity index (χ4v) is 3.94. The Morgan fingerprint density at radius 2 is 2.06 bits per heavy atom. The third kappa shape index (κ3) is 5.66. The van der Waals surface area contributed by atoms with Crippen LogP contribution in [0.2, 0.25) is 0 Å². The van der Waals surface area contributed by atoms with Crippen LogP contribution in [0.1, 0.15) is 30.9 Å². The summed E-state index contributed by atoms with van der Waals surface area (Å²) in [5.41, 5.74) is 1.08. The first-order valence-corrected chi connectivity index (χ1v) is 11.7. The lowest BCUT2D eigenvalue weighted by Crippen LogP contribution is -2.41. The number of methoxy groups -OCH3 is 2. The molecule has 14 nitrogen and oxygen atoms in total. The van der Waals surface area contributed by atoms with E-state index in [2.05, 4.69) is 45.8 Å². The largest absolute Gasteiger partial charge is 0.461 e. The van der Waals surface area contributed by atoms with Gasteiger partial charge in [0.15, 0.2) is 11.6 Å². The second-order valence-electron chi connectivity index (χ2n) is 8.53. The van der Waals surface area contributed by atoms with Crippen LogP contribution >= 0.6 is 0 Å². The number of hydrogen-bond acceptors (Lipinski definition) is 12. The van der Waals surface area contributed by atoms with Crippen molar-refractivity contribution in [1.82, 2.24) is 35.1 Å². The molecule has 1 amide bonds. The lowest BCUT2D eigenvalue weighted by atomic mass is 10.2. The van der Waals surface area contributed by atoms with Gasteiger partial charge < -0.3 is 29.7 Å². The predicted molar refractivity (Wildman–Crippen MR) is 128 cm³/mol. The number of anilines is 4. The summed E-state index contributed by atoms with van der Waals surface area (Å²) in [6.07, 6.45) is 7.10. The molecule has 4 heterocycles. The van der Waals surface area contributed by atoms with Crippen LogP contribution in [0.3, 0.4) is 0 Å².